The Morgan fingerprint density at radius 2 is 2.29 bits per heavy atom. The molecule has 0 unspecified atom stereocenters. The molecule has 1 N–H and O–H groups in total. The lowest BCUT2D eigenvalue weighted by Crippen LogP contribution is -2.26. The molecule has 3 nitrogen and oxygen atoms in total. The summed E-state index contributed by atoms with van der Waals surface area (Å²) in [4.78, 5) is 12.6. The molecule has 0 fully saturated rings. The van der Waals surface area contributed by atoms with Crippen LogP contribution in [-0.2, 0) is 4.79 Å². The molecule has 0 amide bonds. The van der Waals surface area contributed by atoms with Gasteiger partial charge in [-0.05, 0) is 30.7 Å². The molecule has 0 aliphatic rings. The van der Waals surface area contributed by atoms with Crippen molar-refractivity contribution in [2.45, 2.75) is 13.3 Å². The molecule has 0 radical (unpaired) electrons. The Bertz CT molecular complexity index is 418. The number of anilines is 1. The molecule has 1 aromatic carbocycles. The van der Waals surface area contributed by atoms with Gasteiger partial charge < -0.3 is 10.0 Å². The van der Waals surface area contributed by atoms with Crippen molar-refractivity contribution in [2.75, 3.05) is 18.0 Å². The van der Waals surface area contributed by atoms with Gasteiger partial charge in [0.2, 0.25) is 0 Å². The van der Waals surface area contributed by atoms with Crippen molar-refractivity contribution in [1.29, 1.82) is 0 Å². The zero-order valence-corrected chi connectivity index (χ0v) is 11.4. The van der Waals surface area contributed by atoms with Crippen LogP contribution in [0.15, 0.2) is 35.3 Å². The third-order valence-electron chi connectivity index (χ3n) is 2.45. The topological polar surface area (TPSA) is 40.5 Å². The minimum absolute atomic E-state index is 0.128. The van der Waals surface area contributed by atoms with Crippen molar-refractivity contribution >= 4 is 27.6 Å². The molecule has 0 aliphatic carbocycles. The summed E-state index contributed by atoms with van der Waals surface area (Å²) < 4.78 is 1.05. The number of aryl methyl sites for hydroxylation is 1. The number of hydrogen-bond acceptors (Lipinski definition) is 2. The molecule has 0 saturated carbocycles. The Morgan fingerprint density at radius 3 is 2.82 bits per heavy atom. The van der Waals surface area contributed by atoms with Gasteiger partial charge in [-0.3, -0.25) is 4.79 Å². The molecule has 0 aromatic heterocycles. The average molecular weight is 298 g/mol. The van der Waals surface area contributed by atoms with Crippen molar-refractivity contribution in [1.82, 2.24) is 0 Å². The van der Waals surface area contributed by atoms with E-state index in [2.05, 4.69) is 22.5 Å². The Labute approximate surface area is 110 Å². The summed E-state index contributed by atoms with van der Waals surface area (Å²) in [6, 6.07) is 5.99. The van der Waals surface area contributed by atoms with E-state index >= 15 is 0 Å². The van der Waals surface area contributed by atoms with Crippen LogP contribution in [-0.4, -0.2) is 24.2 Å². The highest BCUT2D eigenvalue weighted by molar-refractivity contribution is 9.10. The Hall–Kier alpha value is -1.29. The third kappa shape index (κ3) is 4.23. The number of nitrogens with zero attached hydrogens (tertiary/aromatic N) is 1. The van der Waals surface area contributed by atoms with Gasteiger partial charge in [-0.1, -0.05) is 22.0 Å². The average Bonchev–Trinajstić information content (AvgIpc) is 2.28. The monoisotopic (exact) mass is 297 g/mol. The number of hydrogen-bond donors (Lipinski definition) is 1. The van der Waals surface area contributed by atoms with E-state index in [1.807, 2.05) is 30.0 Å². The molecule has 92 valence electrons. The molecule has 4 heteroatoms. The predicted molar refractivity (Wildman–Crippen MR) is 73.5 cm³/mol. The van der Waals surface area contributed by atoms with E-state index < -0.39 is 5.97 Å². The number of halogens is 1. The van der Waals surface area contributed by atoms with E-state index in [1.54, 1.807) is 6.08 Å². The normalized spacial score (nSPS) is 10.0. The first-order chi connectivity index (χ1) is 8.04. The second-order valence-electron chi connectivity index (χ2n) is 3.81. The first-order valence-corrected chi connectivity index (χ1v) is 6.17. The van der Waals surface area contributed by atoms with Crippen LogP contribution in [0.4, 0.5) is 5.69 Å². The van der Waals surface area contributed by atoms with Crippen LogP contribution in [0.3, 0.4) is 0 Å². The maximum atomic E-state index is 10.6. The molecule has 0 bridgehead atoms. The number of aliphatic carboxylic acids is 1. The first kappa shape index (κ1) is 13.8. The van der Waals surface area contributed by atoms with Crippen LogP contribution < -0.4 is 4.90 Å². The fraction of sp³-hybridized carbons (Fsp3) is 0.308. The largest absolute Gasteiger partial charge is 0.481 e. The SMILES string of the molecule is C=CCN(CCC(=O)O)c1ccc(Br)c(C)c1. The summed E-state index contributed by atoms with van der Waals surface area (Å²) in [5, 5.41) is 8.72. The number of carboxylic acids is 1. The van der Waals surface area contributed by atoms with Crippen LogP contribution >= 0.6 is 15.9 Å². The summed E-state index contributed by atoms with van der Waals surface area (Å²) in [5.74, 6) is -0.784. The molecule has 17 heavy (non-hydrogen) atoms. The molecule has 0 atom stereocenters. The standard InChI is InChI=1S/C13H16BrNO2/c1-3-7-15(8-6-13(16)17)11-4-5-12(14)10(2)9-11/h3-5,9H,1,6-8H2,2H3,(H,16,17). The summed E-state index contributed by atoms with van der Waals surface area (Å²) in [7, 11) is 0. The Balaban J connectivity index is 2.84. The van der Waals surface area contributed by atoms with Crippen LogP contribution in [0, 0.1) is 6.92 Å². The molecule has 1 rings (SSSR count). The minimum atomic E-state index is -0.784. The first-order valence-electron chi connectivity index (χ1n) is 5.38. The summed E-state index contributed by atoms with van der Waals surface area (Å²) in [6.07, 6.45) is 1.90. The van der Waals surface area contributed by atoms with Crippen LogP contribution in [0.5, 0.6) is 0 Å². The van der Waals surface area contributed by atoms with Crippen molar-refractivity contribution in [3.05, 3.63) is 40.9 Å². The van der Waals surface area contributed by atoms with Gasteiger partial charge in [0.05, 0.1) is 6.42 Å². The Kier molecular flexibility index (Phi) is 5.22. The quantitative estimate of drug-likeness (QED) is 0.820. The predicted octanol–water partition coefficient (Wildman–Crippen LogP) is 3.22. The lowest BCUT2D eigenvalue weighted by Gasteiger charge is -2.23. The third-order valence-corrected chi connectivity index (χ3v) is 3.34. The van der Waals surface area contributed by atoms with E-state index in [9.17, 15) is 4.79 Å². The van der Waals surface area contributed by atoms with Gasteiger partial charge in [0.25, 0.3) is 0 Å². The molecular weight excluding hydrogens is 282 g/mol. The maximum Gasteiger partial charge on any atom is 0.305 e. The number of carboxylic acid groups (broad SMARTS) is 1. The summed E-state index contributed by atoms with van der Waals surface area (Å²) in [5.41, 5.74) is 2.15. The molecule has 0 saturated heterocycles. The van der Waals surface area contributed by atoms with E-state index in [-0.39, 0.29) is 6.42 Å². The molecule has 0 aliphatic heterocycles. The van der Waals surface area contributed by atoms with Crippen LogP contribution in [0.1, 0.15) is 12.0 Å². The van der Waals surface area contributed by atoms with Crippen molar-refractivity contribution in [2.24, 2.45) is 0 Å². The maximum absolute atomic E-state index is 10.6. The molecule has 0 heterocycles. The molecular formula is C13H16BrNO2. The van der Waals surface area contributed by atoms with Crippen LogP contribution in [0.25, 0.3) is 0 Å². The lowest BCUT2D eigenvalue weighted by molar-refractivity contribution is -0.136. The number of benzene rings is 1. The molecule has 0 spiro atoms. The second kappa shape index (κ2) is 6.45. The zero-order valence-electron chi connectivity index (χ0n) is 9.82. The number of carbonyl (C=O) groups is 1. The number of rotatable bonds is 6. The van der Waals surface area contributed by atoms with Gasteiger partial charge in [-0.2, -0.15) is 0 Å². The van der Waals surface area contributed by atoms with E-state index in [0.717, 1.165) is 15.7 Å². The van der Waals surface area contributed by atoms with Gasteiger partial charge in [0.15, 0.2) is 0 Å². The van der Waals surface area contributed by atoms with Crippen molar-refractivity contribution in [3.63, 3.8) is 0 Å². The van der Waals surface area contributed by atoms with E-state index in [4.69, 9.17) is 5.11 Å². The smallest absolute Gasteiger partial charge is 0.305 e. The minimum Gasteiger partial charge on any atom is -0.481 e. The van der Waals surface area contributed by atoms with Crippen molar-refractivity contribution < 1.29 is 9.90 Å². The lowest BCUT2D eigenvalue weighted by atomic mass is 10.2. The summed E-state index contributed by atoms with van der Waals surface area (Å²) in [6.45, 7) is 6.84. The fourth-order valence-electron chi connectivity index (χ4n) is 1.54. The molecule has 1 aromatic rings. The highest BCUT2D eigenvalue weighted by atomic mass is 79.9. The Morgan fingerprint density at radius 1 is 1.59 bits per heavy atom. The van der Waals surface area contributed by atoms with Gasteiger partial charge in [0, 0.05) is 23.2 Å². The zero-order chi connectivity index (χ0) is 12.8. The van der Waals surface area contributed by atoms with E-state index in [1.165, 1.54) is 0 Å². The highest BCUT2D eigenvalue weighted by Gasteiger charge is 2.08. The van der Waals surface area contributed by atoms with Crippen molar-refractivity contribution in [3.8, 4) is 0 Å². The highest BCUT2D eigenvalue weighted by Crippen LogP contribution is 2.23. The van der Waals surface area contributed by atoms with Gasteiger partial charge in [0.1, 0.15) is 0 Å². The van der Waals surface area contributed by atoms with Crippen LogP contribution in [0.2, 0.25) is 0 Å². The summed E-state index contributed by atoms with van der Waals surface area (Å²) >= 11 is 3.45. The van der Waals surface area contributed by atoms with E-state index in [0.29, 0.717) is 13.1 Å². The van der Waals surface area contributed by atoms with Gasteiger partial charge in [-0.15, -0.1) is 6.58 Å². The van der Waals surface area contributed by atoms with Gasteiger partial charge >= 0.3 is 5.97 Å². The second-order valence-corrected chi connectivity index (χ2v) is 4.67. The fourth-order valence-corrected chi connectivity index (χ4v) is 1.78. The van der Waals surface area contributed by atoms with Gasteiger partial charge in [-0.25, -0.2) is 0 Å².